The summed E-state index contributed by atoms with van der Waals surface area (Å²) < 4.78 is 70.8. The molecular weight excluding hydrogens is 490 g/mol. The lowest BCUT2D eigenvalue weighted by Crippen LogP contribution is -2.05. The fourth-order valence-corrected chi connectivity index (χ4v) is 3.55. The van der Waals surface area contributed by atoms with E-state index >= 15 is 0 Å². The van der Waals surface area contributed by atoms with E-state index in [0.717, 1.165) is 35.4 Å². The second-order valence-electron chi connectivity index (χ2n) is 8.37. The molecule has 194 valence electrons. The standard InChI is InChI=1S/C27H25F4N3O3/c1-18-13-24(7-4-20(18)15-35-12-10-23-9-11-32-34(23)2)36-16-22-17-37-26(33-22)8-5-19-3-6-21(14-25(19)28)27(29,30)31/h3-9,11,13-14,17H,10,12,15-16H2,1-2H3. The molecule has 0 atom stereocenters. The lowest BCUT2D eigenvalue weighted by Gasteiger charge is -2.10. The summed E-state index contributed by atoms with van der Waals surface area (Å²) in [4.78, 5) is 4.24. The van der Waals surface area contributed by atoms with Gasteiger partial charge in [-0.05, 0) is 54.5 Å². The molecule has 0 fully saturated rings. The molecule has 37 heavy (non-hydrogen) atoms. The van der Waals surface area contributed by atoms with Crippen LogP contribution >= 0.6 is 0 Å². The number of hydrogen-bond acceptors (Lipinski definition) is 5. The monoisotopic (exact) mass is 515 g/mol. The third kappa shape index (κ3) is 7.07. The van der Waals surface area contributed by atoms with Gasteiger partial charge in [0.25, 0.3) is 0 Å². The van der Waals surface area contributed by atoms with Crippen molar-refractivity contribution in [1.29, 1.82) is 0 Å². The van der Waals surface area contributed by atoms with Gasteiger partial charge >= 0.3 is 6.18 Å². The maximum absolute atomic E-state index is 14.0. The zero-order valence-electron chi connectivity index (χ0n) is 20.3. The van der Waals surface area contributed by atoms with E-state index in [2.05, 4.69) is 10.1 Å². The molecule has 0 N–H and O–H groups in total. The topological polar surface area (TPSA) is 62.3 Å². The molecule has 0 amide bonds. The first kappa shape index (κ1) is 26.2. The second kappa shape index (κ2) is 11.4. The molecule has 0 unspecified atom stereocenters. The van der Waals surface area contributed by atoms with Crippen molar-refractivity contribution in [2.75, 3.05) is 6.61 Å². The van der Waals surface area contributed by atoms with Gasteiger partial charge in [-0.2, -0.15) is 18.3 Å². The molecule has 10 heteroatoms. The van der Waals surface area contributed by atoms with Gasteiger partial charge < -0.3 is 13.9 Å². The second-order valence-corrected chi connectivity index (χ2v) is 8.37. The van der Waals surface area contributed by atoms with Gasteiger partial charge in [-0.1, -0.05) is 12.1 Å². The largest absolute Gasteiger partial charge is 0.487 e. The van der Waals surface area contributed by atoms with Crippen LogP contribution in [0.3, 0.4) is 0 Å². The highest BCUT2D eigenvalue weighted by Gasteiger charge is 2.31. The van der Waals surface area contributed by atoms with E-state index in [9.17, 15) is 17.6 Å². The Balaban J connectivity index is 1.27. The Labute approximate surface area is 211 Å². The molecule has 0 saturated carbocycles. The van der Waals surface area contributed by atoms with E-state index in [0.29, 0.717) is 30.7 Å². The number of halogens is 4. The average Bonchev–Trinajstić information content (AvgIpc) is 3.48. The fraction of sp³-hybridized carbons (Fsp3) is 0.259. The van der Waals surface area contributed by atoms with E-state index in [1.807, 2.05) is 42.9 Å². The lowest BCUT2D eigenvalue weighted by molar-refractivity contribution is -0.137. The SMILES string of the molecule is Cc1cc(OCc2coc(C=Cc3ccc(C(F)(F)F)cc3F)n2)ccc1COCCc1ccnn1C. The summed E-state index contributed by atoms with van der Waals surface area (Å²) in [6.07, 6.45) is 2.02. The van der Waals surface area contributed by atoms with Gasteiger partial charge in [0, 0.05) is 37.0 Å². The molecule has 2 aromatic heterocycles. The number of benzene rings is 2. The molecule has 0 aliphatic carbocycles. The Bertz CT molecular complexity index is 1380. The Morgan fingerprint density at radius 3 is 2.59 bits per heavy atom. The highest BCUT2D eigenvalue weighted by molar-refractivity contribution is 5.66. The van der Waals surface area contributed by atoms with E-state index in [1.165, 1.54) is 18.4 Å². The Hall–Kier alpha value is -3.92. The van der Waals surface area contributed by atoms with Crippen molar-refractivity contribution < 1.29 is 31.5 Å². The van der Waals surface area contributed by atoms with Crippen LogP contribution in [0.2, 0.25) is 0 Å². The minimum Gasteiger partial charge on any atom is -0.487 e. The van der Waals surface area contributed by atoms with Crippen molar-refractivity contribution in [2.24, 2.45) is 7.05 Å². The van der Waals surface area contributed by atoms with E-state index in [1.54, 1.807) is 6.20 Å². The molecule has 0 radical (unpaired) electrons. The minimum absolute atomic E-state index is 0.0134. The smallest absolute Gasteiger partial charge is 0.416 e. The maximum atomic E-state index is 14.0. The van der Waals surface area contributed by atoms with Crippen LogP contribution in [0.25, 0.3) is 12.2 Å². The van der Waals surface area contributed by atoms with Crippen molar-refractivity contribution in [3.05, 3.63) is 100 Å². The van der Waals surface area contributed by atoms with Crippen molar-refractivity contribution in [2.45, 2.75) is 32.7 Å². The predicted octanol–water partition coefficient (Wildman–Crippen LogP) is 6.38. The molecule has 0 saturated heterocycles. The van der Waals surface area contributed by atoms with Crippen molar-refractivity contribution >= 4 is 12.2 Å². The summed E-state index contributed by atoms with van der Waals surface area (Å²) >= 11 is 0. The Kier molecular flexibility index (Phi) is 8.08. The number of alkyl halides is 3. The third-order valence-electron chi connectivity index (χ3n) is 5.69. The molecule has 0 aliphatic rings. The summed E-state index contributed by atoms with van der Waals surface area (Å²) in [5, 5.41) is 4.14. The average molecular weight is 516 g/mol. The highest BCUT2D eigenvalue weighted by Crippen LogP contribution is 2.30. The minimum atomic E-state index is -4.60. The Morgan fingerprint density at radius 1 is 1.05 bits per heavy atom. The summed E-state index contributed by atoms with van der Waals surface area (Å²) in [6.45, 7) is 3.20. The fourth-order valence-electron chi connectivity index (χ4n) is 3.55. The first-order valence-electron chi connectivity index (χ1n) is 11.5. The van der Waals surface area contributed by atoms with Gasteiger partial charge in [0.15, 0.2) is 0 Å². The zero-order valence-corrected chi connectivity index (χ0v) is 20.3. The molecule has 2 aromatic carbocycles. The van der Waals surface area contributed by atoms with Crippen LogP contribution in [0.4, 0.5) is 17.6 Å². The molecule has 4 aromatic rings. The quantitative estimate of drug-likeness (QED) is 0.181. The number of aryl methyl sites for hydroxylation is 2. The van der Waals surface area contributed by atoms with Crippen LogP contribution in [0.15, 0.2) is 59.3 Å². The normalized spacial score (nSPS) is 11.9. The lowest BCUT2D eigenvalue weighted by atomic mass is 10.1. The van der Waals surface area contributed by atoms with E-state index < -0.39 is 17.6 Å². The first-order chi connectivity index (χ1) is 17.7. The van der Waals surface area contributed by atoms with Crippen LogP contribution in [0, 0.1) is 12.7 Å². The molecular formula is C27H25F4N3O3. The van der Waals surface area contributed by atoms with E-state index in [4.69, 9.17) is 13.9 Å². The van der Waals surface area contributed by atoms with Crippen molar-refractivity contribution in [3.63, 3.8) is 0 Å². The number of rotatable bonds is 10. The van der Waals surface area contributed by atoms with Gasteiger partial charge in [0.2, 0.25) is 5.89 Å². The van der Waals surface area contributed by atoms with Crippen LogP contribution < -0.4 is 4.74 Å². The molecule has 0 bridgehead atoms. The number of aromatic nitrogens is 3. The van der Waals surface area contributed by atoms with Gasteiger partial charge in [-0.15, -0.1) is 0 Å². The summed E-state index contributed by atoms with van der Waals surface area (Å²) in [7, 11) is 1.90. The highest BCUT2D eigenvalue weighted by atomic mass is 19.4. The molecule has 0 aliphatic heterocycles. The van der Waals surface area contributed by atoms with Crippen molar-refractivity contribution in [1.82, 2.24) is 14.8 Å². The molecule has 0 spiro atoms. The summed E-state index contributed by atoms with van der Waals surface area (Å²) in [5.41, 5.74) is 2.64. The zero-order chi connectivity index (χ0) is 26.4. The Morgan fingerprint density at radius 2 is 1.89 bits per heavy atom. The molecule has 2 heterocycles. The predicted molar refractivity (Wildman–Crippen MR) is 129 cm³/mol. The van der Waals surface area contributed by atoms with Gasteiger partial charge in [0.05, 0.1) is 18.8 Å². The van der Waals surface area contributed by atoms with Gasteiger partial charge in [0.1, 0.15) is 30.1 Å². The molecule has 6 nitrogen and oxygen atoms in total. The van der Waals surface area contributed by atoms with Crippen LogP contribution in [0.1, 0.15) is 39.5 Å². The number of hydrogen-bond donors (Lipinski definition) is 0. The number of oxazole rings is 1. The van der Waals surface area contributed by atoms with Crippen LogP contribution in [-0.2, 0) is 37.6 Å². The van der Waals surface area contributed by atoms with Gasteiger partial charge in [-0.3, -0.25) is 4.68 Å². The summed E-state index contributed by atoms with van der Waals surface area (Å²) in [5.74, 6) is -0.158. The van der Waals surface area contributed by atoms with Gasteiger partial charge in [-0.25, -0.2) is 9.37 Å². The first-order valence-corrected chi connectivity index (χ1v) is 11.5. The number of nitrogens with zero attached hydrogens (tertiary/aromatic N) is 3. The molecule has 4 rings (SSSR count). The van der Waals surface area contributed by atoms with Crippen LogP contribution in [0.5, 0.6) is 5.75 Å². The van der Waals surface area contributed by atoms with Crippen molar-refractivity contribution in [3.8, 4) is 5.75 Å². The number of ether oxygens (including phenoxy) is 2. The van der Waals surface area contributed by atoms with E-state index in [-0.39, 0.29) is 18.1 Å². The van der Waals surface area contributed by atoms with Crippen LogP contribution in [-0.4, -0.2) is 21.4 Å². The summed E-state index contributed by atoms with van der Waals surface area (Å²) in [6, 6.07) is 10.0. The third-order valence-corrected chi connectivity index (χ3v) is 5.69. The maximum Gasteiger partial charge on any atom is 0.416 e.